The van der Waals surface area contributed by atoms with Crippen LogP contribution >= 0.6 is 11.5 Å². The van der Waals surface area contributed by atoms with Crippen molar-refractivity contribution in [1.82, 2.24) is 29.8 Å². The maximum atomic E-state index is 10.6. The number of carbonyl (C=O) groups is 1. The number of rotatable bonds is 4. The lowest BCUT2D eigenvalue weighted by Crippen LogP contribution is -2.13. The summed E-state index contributed by atoms with van der Waals surface area (Å²) in [5.74, 6) is -0.403. The molecule has 0 bridgehead atoms. The third-order valence-electron chi connectivity index (χ3n) is 1.96. The second kappa shape index (κ2) is 4.31. The zero-order valence-corrected chi connectivity index (χ0v) is 9.13. The highest BCUT2D eigenvalue weighted by molar-refractivity contribution is 7.09. The highest BCUT2D eigenvalue weighted by atomic mass is 32.1. The molecule has 8 nitrogen and oxygen atoms in total. The van der Waals surface area contributed by atoms with Crippen LogP contribution in [0.1, 0.15) is 19.4 Å². The molecule has 0 aliphatic carbocycles. The number of carboxylic acid groups (broad SMARTS) is 1. The lowest BCUT2D eigenvalue weighted by Gasteiger charge is -2.09. The van der Waals surface area contributed by atoms with Crippen molar-refractivity contribution in [2.24, 2.45) is 0 Å². The van der Waals surface area contributed by atoms with E-state index < -0.39 is 5.97 Å². The predicted octanol–water partition coefficient (Wildman–Crippen LogP) is 0.227. The summed E-state index contributed by atoms with van der Waals surface area (Å²) in [6, 6.07) is -0.315. The van der Waals surface area contributed by atoms with Gasteiger partial charge in [-0.15, -0.1) is 10.2 Å². The van der Waals surface area contributed by atoms with E-state index in [0.29, 0.717) is 10.7 Å². The number of nitrogens with zero attached hydrogens (tertiary/aromatic N) is 6. The molecular weight excluding hydrogens is 232 g/mol. The van der Waals surface area contributed by atoms with Gasteiger partial charge in [0.1, 0.15) is 4.88 Å². The van der Waals surface area contributed by atoms with Gasteiger partial charge in [0.15, 0.2) is 5.82 Å². The van der Waals surface area contributed by atoms with E-state index in [-0.39, 0.29) is 12.5 Å². The van der Waals surface area contributed by atoms with Crippen LogP contribution in [0.15, 0.2) is 6.20 Å². The largest absolute Gasteiger partial charge is 0.481 e. The summed E-state index contributed by atoms with van der Waals surface area (Å²) in [5, 5.41) is 23.5. The van der Waals surface area contributed by atoms with Gasteiger partial charge in [-0.3, -0.25) is 4.79 Å². The zero-order chi connectivity index (χ0) is 11.5. The molecular formula is C7H8N6O2S. The van der Waals surface area contributed by atoms with Gasteiger partial charge < -0.3 is 5.11 Å². The third-order valence-corrected chi connectivity index (χ3v) is 2.62. The van der Waals surface area contributed by atoms with E-state index in [0.717, 1.165) is 11.5 Å². The topological polar surface area (TPSA) is 107 Å². The van der Waals surface area contributed by atoms with Gasteiger partial charge in [0, 0.05) is 0 Å². The summed E-state index contributed by atoms with van der Waals surface area (Å²) in [5.41, 5.74) is 0. The molecule has 2 aromatic heterocycles. The first-order chi connectivity index (χ1) is 7.68. The zero-order valence-electron chi connectivity index (χ0n) is 8.31. The van der Waals surface area contributed by atoms with Crippen LogP contribution in [-0.2, 0) is 4.79 Å². The molecule has 9 heteroatoms. The smallest absolute Gasteiger partial charge is 0.305 e. The molecule has 2 rings (SSSR count). The third kappa shape index (κ3) is 2.03. The first kappa shape index (κ1) is 10.6. The molecule has 0 radical (unpaired) electrons. The van der Waals surface area contributed by atoms with Crippen molar-refractivity contribution in [3.8, 4) is 10.7 Å². The van der Waals surface area contributed by atoms with Crippen molar-refractivity contribution in [1.29, 1.82) is 0 Å². The van der Waals surface area contributed by atoms with Gasteiger partial charge in [-0.1, -0.05) is 4.49 Å². The Bertz CT molecular complexity index is 481. The van der Waals surface area contributed by atoms with Crippen molar-refractivity contribution in [2.75, 3.05) is 0 Å². The van der Waals surface area contributed by atoms with Crippen LogP contribution in [-0.4, -0.2) is 40.9 Å². The Balaban J connectivity index is 2.29. The Hall–Kier alpha value is -1.90. The quantitative estimate of drug-likeness (QED) is 0.814. The van der Waals surface area contributed by atoms with Crippen LogP contribution in [0.5, 0.6) is 0 Å². The first-order valence-electron chi connectivity index (χ1n) is 4.46. The molecule has 0 amide bonds. The average Bonchev–Trinajstić information content (AvgIpc) is 2.87. The molecule has 0 spiro atoms. The minimum atomic E-state index is -0.892. The van der Waals surface area contributed by atoms with Crippen LogP contribution in [0.3, 0.4) is 0 Å². The van der Waals surface area contributed by atoms with E-state index >= 15 is 0 Å². The lowest BCUT2D eigenvalue weighted by atomic mass is 10.2. The van der Waals surface area contributed by atoms with Crippen molar-refractivity contribution >= 4 is 17.5 Å². The molecule has 0 saturated carbocycles. The van der Waals surface area contributed by atoms with E-state index in [9.17, 15) is 4.79 Å². The lowest BCUT2D eigenvalue weighted by molar-refractivity contribution is -0.137. The molecule has 0 aliphatic rings. The molecule has 84 valence electrons. The Kier molecular flexibility index (Phi) is 2.86. The second-order valence-corrected chi connectivity index (χ2v) is 3.96. The number of aromatic nitrogens is 6. The summed E-state index contributed by atoms with van der Waals surface area (Å²) >= 11 is 1.16. The molecule has 2 aromatic rings. The summed E-state index contributed by atoms with van der Waals surface area (Å²) < 4.78 is 5.17. The molecule has 0 fully saturated rings. The van der Waals surface area contributed by atoms with Crippen molar-refractivity contribution in [3.05, 3.63) is 6.20 Å². The van der Waals surface area contributed by atoms with E-state index in [4.69, 9.17) is 5.11 Å². The van der Waals surface area contributed by atoms with Gasteiger partial charge in [-0.2, -0.15) is 0 Å². The van der Waals surface area contributed by atoms with Crippen LogP contribution in [0, 0.1) is 0 Å². The number of hydrogen-bond acceptors (Lipinski definition) is 7. The van der Waals surface area contributed by atoms with E-state index in [1.807, 2.05) is 0 Å². The Morgan fingerprint density at radius 1 is 1.69 bits per heavy atom. The first-order valence-corrected chi connectivity index (χ1v) is 5.23. The van der Waals surface area contributed by atoms with Gasteiger partial charge in [0.05, 0.1) is 18.7 Å². The summed E-state index contributed by atoms with van der Waals surface area (Å²) in [6.45, 7) is 1.74. The highest BCUT2D eigenvalue weighted by Crippen LogP contribution is 2.22. The normalized spacial score (nSPS) is 12.6. The average molecular weight is 240 g/mol. The minimum Gasteiger partial charge on any atom is -0.481 e. The Labute approximate surface area is 94.1 Å². The molecule has 16 heavy (non-hydrogen) atoms. The maximum absolute atomic E-state index is 10.6. The molecule has 0 aromatic carbocycles. The SMILES string of the molecule is CC(CC(=O)O)n1nnnc1-c1cnns1. The molecule has 1 atom stereocenters. The molecule has 1 unspecified atom stereocenters. The summed E-state index contributed by atoms with van der Waals surface area (Å²) in [6.07, 6.45) is 1.50. The standard InChI is InChI=1S/C7H8N6O2S/c1-4(2-6(14)15)13-7(9-10-11-13)5-3-8-12-16-5/h3-4H,2H2,1H3,(H,14,15). The molecule has 1 N–H and O–H groups in total. The van der Waals surface area contributed by atoms with Crippen molar-refractivity contribution in [3.63, 3.8) is 0 Å². The van der Waals surface area contributed by atoms with Crippen LogP contribution in [0.2, 0.25) is 0 Å². The van der Waals surface area contributed by atoms with Gasteiger partial charge in [-0.25, -0.2) is 4.68 Å². The fraction of sp³-hybridized carbons (Fsp3) is 0.429. The van der Waals surface area contributed by atoms with E-state index in [1.165, 1.54) is 4.68 Å². The number of tetrazole rings is 1. The predicted molar refractivity (Wildman–Crippen MR) is 53.7 cm³/mol. The minimum absolute atomic E-state index is 0.0374. The number of aliphatic carboxylic acids is 1. The monoisotopic (exact) mass is 240 g/mol. The van der Waals surface area contributed by atoms with Crippen LogP contribution in [0.4, 0.5) is 0 Å². The fourth-order valence-corrected chi connectivity index (χ4v) is 1.75. The Morgan fingerprint density at radius 3 is 3.12 bits per heavy atom. The van der Waals surface area contributed by atoms with Crippen LogP contribution in [0.25, 0.3) is 10.7 Å². The molecule has 2 heterocycles. The molecule has 0 aliphatic heterocycles. The fourth-order valence-electron chi connectivity index (χ4n) is 1.26. The maximum Gasteiger partial charge on any atom is 0.305 e. The van der Waals surface area contributed by atoms with E-state index in [2.05, 4.69) is 25.1 Å². The van der Waals surface area contributed by atoms with Gasteiger partial charge >= 0.3 is 5.97 Å². The van der Waals surface area contributed by atoms with Crippen molar-refractivity contribution < 1.29 is 9.90 Å². The van der Waals surface area contributed by atoms with Gasteiger partial charge in [0.2, 0.25) is 0 Å². The van der Waals surface area contributed by atoms with Gasteiger partial charge in [0.25, 0.3) is 0 Å². The number of carboxylic acids is 1. The van der Waals surface area contributed by atoms with Gasteiger partial charge in [-0.05, 0) is 28.9 Å². The second-order valence-electron chi connectivity index (χ2n) is 3.18. The van der Waals surface area contributed by atoms with Crippen molar-refractivity contribution in [2.45, 2.75) is 19.4 Å². The molecule has 0 saturated heterocycles. The number of hydrogen-bond donors (Lipinski definition) is 1. The van der Waals surface area contributed by atoms with Crippen LogP contribution < -0.4 is 0 Å². The summed E-state index contributed by atoms with van der Waals surface area (Å²) in [7, 11) is 0. The highest BCUT2D eigenvalue weighted by Gasteiger charge is 2.18. The summed E-state index contributed by atoms with van der Waals surface area (Å²) in [4.78, 5) is 11.3. The van der Waals surface area contributed by atoms with E-state index in [1.54, 1.807) is 13.1 Å². The Morgan fingerprint density at radius 2 is 2.50 bits per heavy atom.